The van der Waals surface area contributed by atoms with Gasteiger partial charge in [-0.05, 0) is 63.3 Å². The number of halogens is 1. The molecule has 0 N–H and O–H groups in total. The van der Waals surface area contributed by atoms with Crippen LogP contribution in [-0.4, -0.2) is 79.1 Å². The first kappa shape index (κ1) is 22.1. The molecule has 0 spiro atoms. The Kier molecular flexibility index (Phi) is 7.69. The molecule has 4 rings (SSSR count). The summed E-state index contributed by atoms with van der Waals surface area (Å²) in [6.45, 7) is 6.57. The van der Waals surface area contributed by atoms with E-state index in [-0.39, 0.29) is 0 Å². The molecule has 1 amide bonds. The Hall–Kier alpha value is -1.14. The fourth-order valence-corrected chi connectivity index (χ4v) is 5.09. The quantitative estimate of drug-likeness (QED) is 0.627. The number of amides is 1. The number of benzene rings is 1. The summed E-state index contributed by atoms with van der Waals surface area (Å²) in [4.78, 5) is 19.9. The molecule has 1 aromatic carbocycles. The standard InChI is InChI=1S/C24H36ClN3O2/c1-26(17-19-4-8-21(25)9-5-19)13-14-28(22-10-15-30-16-11-22)23-3-2-12-27(18-23)24(29)20-6-7-20/h4-5,8-9,20,22-23H,2-3,6-7,10-18H2,1H3. The van der Waals surface area contributed by atoms with E-state index in [2.05, 4.69) is 33.9 Å². The predicted molar refractivity (Wildman–Crippen MR) is 121 cm³/mol. The molecule has 30 heavy (non-hydrogen) atoms. The summed E-state index contributed by atoms with van der Waals surface area (Å²) in [5.74, 6) is 0.734. The minimum absolute atomic E-state index is 0.325. The molecule has 1 aliphatic carbocycles. The highest BCUT2D eigenvalue weighted by Crippen LogP contribution is 2.33. The van der Waals surface area contributed by atoms with Crippen LogP contribution in [0.15, 0.2) is 24.3 Å². The summed E-state index contributed by atoms with van der Waals surface area (Å²) in [5.41, 5.74) is 1.29. The van der Waals surface area contributed by atoms with E-state index in [1.807, 2.05) is 12.1 Å². The van der Waals surface area contributed by atoms with E-state index in [0.29, 0.717) is 23.9 Å². The molecular weight excluding hydrogens is 398 g/mol. The fraction of sp³-hybridized carbons (Fsp3) is 0.708. The van der Waals surface area contributed by atoms with Crippen LogP contribution in [0.25, 0.3) is 0 Å². The lowest BCUT2D eigenvalue weighted by Crippen LogP contribution is -2.55. The summed E-state index contributed by atoms with van der Waals surface area (Å²) in [5, 5.41) is 0.787. The SMILES string of the molecule is CN(CCN(C1CCOCC1)C1CCCN(C(=O)C2CC2)C1)Cc1ccc(Cl)cc1. The van der Waals surface area contributed by atoms with Crippen LogP contribution in [-0.2, 0) is 16.1 Å². The first-order chi connectivity index (χ1) is 14.6. The zero-order valence-corrected chi connectivity index (χ0v) is 19.0. The van der Waals surface area contributed by atoms with Gasteiger partial charge in [-0.3, -0.25) is 9.69 Å². The highest BCUT2D eigenvalue weighted by molar-refractivity contribution is 6.30. The van der Waals surface area contributed by atoms with Gasteiger partial charge >= 0.3 is 0 Å². The van der Waals surface area contributed by atoms with E-state index in [0.717, 1.165) is 83.1 Å². The van der Waals surface area contributed by atoms with Gasteiger partial charge in [-0.2, -0.15) is 0 Å². The molecule has 1 aromatic rings. The summed E-state index contributed by atoms with van der Waals surface area (Å²) in [6.07, 6.45) is 6.73. The largest absolute Gasteiger partial charge is 0.381 e. The third kappa shape index (κ3) is 5.97. The molecule has 0 bridgehead atoms. The van der Waals surface area contributed by atoms with Crippen molar-refractivity contribution in [1.29, 1.82) is 0 Å². The number of rotatable bonds is 8. The molecule has 1 atom stereocenters. The van der Waals surface area contributed by atoms with Crippen LogP contribution in [0, 0.1) is 5.92 Å². The maximum atomic E-state index is 12.7. The van der Waals surface area contributed by atoms with Crippen LogP contribution in [0.1, 0.15) is 44.1 Å². The van der Waals surface area contributed by atoms with Gasteiger partial charge in [0.2, 0.25) is 5.91 Å². The lowest BCUT2D eigenvalue weighted by Gasteiger charge is -2.44. The second-order valence-corrected chi connectivity index (χ2v) is 9.74. The number of hydrogen-bond donors (Lipinski definition) is 0. The molecule has 1 unspecified atom stereocenters. The first-order valence-corrected chi connectivity index (χ1v) is 12.0. The molecular formula is C24H36ClN3O2. The number of carbonyl (C=O) groups excluding carboxylic acids is 1. The molecule has 2 saturated heterocycles. The molecule has 2 aliphatic heterocycles. The number of carbonyl (C=O) groups is 1. The maximum Gasteiger partial charge on any atom is 0.225 e. The molecule has 0 aromatic heterocycles. The van der Waals surface area contributed by atoms with Crippen molar-refractivity contribution in [2.45, 2.75) is 57.2 Å². The van der Waals surface area contributed by atoms with Gasteiger partial charge in [0.15, 0.2) is 0 Å². The monoisotopic (exact) mass is 433 g/mol. The van der Waals surface area contributed by atoms with Gasteiger partial charge in [-0.15, -0.1) is 0 Å². The van der Waals surface area contributed by atoms with E-state index in [4.69, 9.17) is 16.3 Å². The Labute approximate surface area is 186 Å². The van der Waals surface area contributed by atoms with Crippen LogP contribution in [0.4, 0.5) is 0 Å². The van der Waals surface area contributed by atoms with Crippen LogP contribution >= 0.6 is 11.6 Å². The average Bonchev–Trinajstić information content (AvgIpc) is 3.61. The first-order valence-electron chi connectivity index (χ1n) is 11.7. The smallest absolute Gasteiger partial charge is 0.225 e. The summed E-state index contributed by atoms with van der Waals surface area (Å²) < 4.78 is 5.64. The minimum Gasteiger partial charge on any atom is -0.381 e. The normalized spacial score (nSPS) is 23.3. The van der Waals surface area contributed by atoms with Crippen molar-refractivity contribution in [3.63, 3.8) is 0 Å². The summed E-state index contributed by atoms with van der Waals surface area (Å²) in [6, 6.07) is 9.20. The summed E-state index contributed by atoms with van der Waals surface area (Å²) in [7, 11) is 2.20. The van der Waals surface area contributed by atoms with Gasteiger partial charge in [-0.25, -0.2) is 0 Å². The van der Waals surface area contributed by atoms with E-state index < -0.39 is 0 Å². The van der Waals surface area contributed by atoms with Crippen molar-refractivity contribution in [3.05, 3.63) is 34.9 Å². The molecule has 2 heterocycles. The van der Waals surface area contributed by atoms with Gasteiger partial charge in [-0.1, -0.05) is 23.7 Å². The molecule has 5 nitrogen and oxygen atoms in total. The fourth-order valence-electron chi connectivity index (χ4n) is 4.96. The van der Waals surface area contributed by atoms with Gasteiger partial charge in [0.1, 0.15) is 0 Å². The summed E-state index contributed by atoms with van der Waals surface area (Å²) >= 11 is 6.02. The highest BCUT2D eigenvalue weighted by Gasteiger charge is 2.37. The van der Waals surface area contributed by atoms with Crippen molar-refractivity contribution < 1.29 is 9.53 Å². The van der Waals surface area contributed by atoms with E-state index in [1.54, 1.807) is 0 Å². The van der Waals surface area contributed by atoms with E-state index >= 15 is 0 Å². The zero-order valence-electron chi connectivity index (χ0n) is 18.3. The Bertz CT molecular complexity index is 688. The van der Waals surface area contributed by atoms with Crippen molar-refractivity contribution in [2.75, 3.05) is 46.4 Å². The molecule has 166 valence electrons. The maximum absolute atomic E-state index is 12.7. The highest BCUT2D eigenvalue weighted by atomic mass is 35.5. The second kappa shape index (κ2) is 10.4. The zero-order chi connectivity index (χ0) is 20.9. The van der Waals surface area contributed by atoms with E-state index in [9.17, 15) is 4.79 Å². The molecule has 3 fully saturated rings. The van der Waals surface area contributed by atoms with E-state index in [1.165, 1.54) is 12.0 Å². The Balaban J connectivity index is 1.36. The molecule has 0 radical (unpaired) electrons. The van der Waals surface area contributed by atoms with Gasteiger partial charge in [0.25, 0.3) is 0 Å². The van der Waals surface area contributed by atoms with Crippen LogP contribution in [0.2, 0.25) is 5.02 Å². The third-order valence-corrected chi connectivity index (χ3v) is 7.12. The number of nitrogens with zero attached hydrogens (tertiary/aromatic N) is 3. The molecule has 1 saturated carbocycles. The number of likely N-dealkylation sites (N-methyl/N-ethyl adjacent to an activating group) is 1. The van der Waals surface area contributed by atoms with Gasteiger partial charge in [0, 0.05) is 69.0 Å². The topological polar surface area (TPSA) is 36.0 Å². The Morgan fingerprint density at radius 1 is 1.07 bits per heavy atom. The lowest BCUT2D eigenvalue weighted by atomic mass is 9.98. The number of ether oxygens (including phenoxy) is 1. The van der Waals surface area contributed by atoms with Crippen LogP contribution in [0.5, 0.6) is 0 Å². The lowest BCUT2D eigenvalue weighted by molar-refractivity contribution is -0.135. The average molecular weight is 434 g/mol. The van der Waals surface area contributed by atoms with Crippen LogP contribution < -0.4 is 0 Å². The Morgan fingerprint density at radius 2 is 1.80 bits per heavy atom. The Morgan fingerprint density at radius 3 is 2.50 bits per heavy atom. The molecule has 6 heteroatoms. The number of piperidine rings is 1. The van der Waals surface area contributed by atoms with Gasteiger partial charge < -0.3 is 14.5 Å². The van der Waals surface area contributed by atoms with Crippen LogP contribution in [0.3, 0.4) is 0 Å². The number of likely N-dealkylation sites (tertiary alicyclic amines) is 1. The molecule has 3 aliphatic rings. The van der Waals surface area contributed by atoms with Gasteiger partial charge in [0.05, 0.1) is 0 Å². The minimum atomic E-state index is 0.325. The predicted octanol–water partition coefficient (Wildman–Crippen LogP) is 3.65. The van der Waals surface area contributed by atoms with Crippen molar-refractivity contribution >= 4 is 17.5 Å². The second-order valence-electron chi connectivity index (χ2n) is 9.30. The van der Waals surface area contributed by atoms with Crippen molar-refractivity contribution in [1.82, 2.24) is 14.7 Å². The van der Waals surface area contributed by atoms with Crippen molar-refractivity contribution in [2.24, 2.45) is 5.92 Å². The van der Waals surface area contributed by atoms with Crippen molar-refractivity contribution in [3.8, 4) is 0 Å². The third-order valence-electron chi connectivity index (χ3n) is 6.87. The number of hydrogen-bond acceptors (Lipinski definition) is 4.